The van der Waals surface area contributed by atoms with E-state index in [1.165, 1.54) is 12.0 Å². The Kier molecular flexibility index (Phi) is 7.27. The van der Waals surface area contributed by atoms with Gasteiger partial charge in [0.2, 0.25) is 5.91 Å². The Labute approximate surface area is 223 Å². The van der Waals surface area contributed by atoms with Gasteiger partial charge in [0.1, 0.15) is 5.82 Å². The van der Waals surface area contributed by atoms with Crippen LogP contribution in [0.25, 0.3) is 22.2 Å². The number of hydrogen-bond acceptors (Lipinski definition) is 6. The fourth-order valence-corrected chi connectivity index (χ4v) is 5.57. The van der Waals surface area contributed by atoms with Gasteiger partial charge in [-0.3, -0.25) is 19.7 Å². The van der Waals surface area contributed by atoms with Crippen LogP contribution in [0.2, 0.25) is 0 Å². The number of pyridine rings is 1. The summed E-state index contributed by atoms with van der Waals surface area (Å²) in [6, 6.07) is 18.5. The Morgan fingerprint density at radius 3 is 2.42 bits per heavy atom. The molecule has 4 aromatic rings. The quantitative estimate of drug-likeness (QED) is 0.371. The third kappa shape index (κ3) is 5.68. The second-order valence-corrected chi connectivity index (χ2v) is 10.5. The molecule has 194 valence electrons. The molecule has 2 fully saturated rings. The van der Waals surface area contributed by atoms with Gasteiger partial charge in [-0.05, 0) is 59.9 Å². The van der Waals surface area contributed by atoms with Crippen LogP contribution < -0.4 is 10.2 Å². The lowest BCUT2D eigenvalue weighted by atomic mass is 9.88. The number of piperazine rings is 1. The number of carbonyl (C=O) groups is 1. The number of nitrogens with zero attached hydrogens (tertiary/aromatic N) is 5. The molecule has 0 atom stereocenters. The smallest absolute Gasteiger partial charge is 0.227 e. The van der Waals surface area contributed by atoms with Crippen LogP contribution in [0.3, 0.4) is 0 Å². The highest BCUT2D eigenvalue weighted by atomic mass is 16.1. The van der Waals surface area contributed by atoms with Gasteiger partial charge >= 0.3 is 0 Å². The van der Waals surface area contributed by atoms with Gasteiger partial charge in [0.15, 0.2) is 0 Å². The molecule has 2 aromatic heterocycles. The van der Waals surface area contributed by atoms with Crippen LogP contribution in [-0.2, 0) is 11.3 Å². The summed E-state index contributed by atoms with van der Waals surface area (Å²) in [4.78, 5) is 31.3. The van der Waals surface area contributed by atoms with Gasteiger partial charge in [-0.2, -0.15) is 0 Å². The van der Waals surface area contributed by atoms with Crippen LogP contribution in [0.4, 0.5) is 11.5 Å². The van der Waals surface area contributed by atoms with Crippen LogP contribution in [0.15, 0.2) is 73.2 Å². The minimum atomic E-state index is 0.154. The number of fused-ring (bicyclic) bond motifs is 1. The first-order valence-electron chi connectivity index (χ1n) is 13.8. The average Bonchev–Trinajstić information content (AvgIpc) is 2.98. The fourth-order valence-electron chi connectivity index (χ4n) is 5.57. The van der Waals surface area contributed by atoms with E-state index in [1.54, 1.807) is 0 Å². The minimum absolute atomic E-state index is 0.154. The van der Waals surface area contributed by atoms with Gasteiger partial charge in [0, 0.05) is 56.7 Å². The van der Waals surface area contributed by atoms with Gasteiger partial charge in [0.05, 0.1) is 17.2 Å². The Morgan fingerprint density at radius 2 is 1.66 bits per heavy atom. The van der Waals surface area contributed by atoms with E-state index in [0.717, 1.165) is 92.1 Å². The molecule has 1 amide bonds. The maximum Gasteiger partial charge on any atom is 0.227 e. The topological polar surface area (TPSA) is 74.2 Å². The number of carbonyl (C=O) groups excluding carboxylic acids is 1. The molecular weight excluding hydrogens is 472 g/mol. The average molecular weight is 507 g/mol. The number of rotatable bonds is 6. The highest BCUT2D eigenvalue weighted by molar-refractivity contribution is 5.93. The highest BCUT2D eigenvalue weighted by Gasteiger charge is 2.21. The molecule has 1 aliphatic heterocycles. The maximum absolute atomic E-state index is 12.6. The SMILES string of the molecule is O=C(Nc1ccc(-c2ccc3ncc(N4CCN(Cc5cccnc5)CC4)nc3c2)cc1)C1CCCCC1. The van der Waals surface area contributed by atoms with Crippen molar-refractivity contribution in [3.05, 3.63) is 78.8 Å². The van der Waals surface area contributed by atoms with Gasteiger partial charge in [-0.25, -0.2) is 4.98 Å². The van der Waals surface area contributed by atoms with Crippen molar-refractivity contribution < 1.29 is 4.79 Å². The third-order valence-corrected chi connectivity index (χ3v) is 7.82. The normalized spacial score (nSPS) is 17.0. The van der Waals surface area contributed by atoms with Crippen molar-refractivity contribution in [1.82, 2.24) is 19.9 Å². The van der Waals surface area contributed by atoms with Crippen molar-refractivity contribution in [3.8, 4) is 11.1 Å². The molecule has 1 saturated carbocycles. The largest absolute Gasteiger partial charge is 0.353 e. The molecule has 1 aliphatic carbocycles. The molecule has 3 heterocycles. The Hall–Kier alpha value is -3.84. The number of amides is 1. The Bertz CT molecular complexity index is 1380. The van der Waals surface area contributed by atoms with E-state index >= 15 is 0 Å². The lowest BCUT2D eigenvalue weighted by Gasteiger charge is -2.35. The number of anilines is 2. The van der Waals surface area contributed by atoms with Gasteiger partial charge in [-0.1, -0.05) is 43.5 Å². The summed E-state index contributed by atoms with van der Waals surface area (Å²) in [5, 5.41) is 3.11. The standard InChI is InChI=1S/C31H34N6O/c38-31(25-6-2-1-3-7-25)34-27-11-8-24(9-12-27)26-10-13-28-29(19-26)35-30(21-33-28)37-17-15-36(16-18-37)22-23-5-4-14-32-20-23/h4-5,8-14,19-21,25H,1-3,6-7,15-18,22H2,(H,34,38). The van der Waals surface area contributed by atoms with Crippen molar-refractivity contribution in [2.24, 2.45) is 5.92 Å². The summed E-state index contributed by atoms with van der Waals surface area (Å²) in [5.74, 6) is 1.24. The minimum Gasteiger partial charge on any atom is -0.353 e. The van der Waals surface area contributed by atoms with Gasteiger partial charge in [0.25, 0.3) is 0 Å². The summed E-state index contributed by atoms with van der Waals surface area (Å²) < 4.78 is 0. The summed E-state index contributed by atoms with van der Waals surface area (Å²) in [5.41, 5.74) is 6.08. The first kappa shape index (κ1) is 24.5. The van der Waals surface area contributed by atoms with E-state index in [0.29, 0.717) is 0 Å². The Morgan fingerprint density at radius 1 is 0.868 bits per heavy atom. The molecule has 0 radical (unpaired) electrons. The molecular formula is C31H34N6O. The molecule has 1 saturated heterocycles. The first-order chi connectivity index (χ1) is 18.7. The molecule has 0 spiro atoms. The lowest BCUT2D eigenvalue weighted by molar-refractivity contribution is -0.120. The van der Waals surface area contributed by atoms with E-state index < -0.39 is 0 Å². The van der Waals surface area contributed by atoms with Gasteiger partial charge in [-0.15, -0.1) is 0 Å². The number of aromatic nitrogens is 3. The predicted octanol–water partition coefficient (Wildman–Crippen LogP) is 5.53. The van der Waals surface area contributed by atoms with Crippen LogP contribution in [0.5, 0.6) is 0 Å². The maximum atomic E-state index is 12.6. The molecule has 1 N–H and O–H groups in total. The molecule has 0 bridgehead atoms. The van der Waals surface area contributed by atoms with E-state index in [9.17, 15) is 4.79 Å². The zero-order valence-electron chi connectivity index (χ0n) is 21.7. The van der Waals surface area contributed by atoms with Crippen LogP contribution in [-0.4, -0.2) is 51.9 Å². The monoisotopic (exact) mass is 506 g/mol. The second kappa shape index (κ2) is 11.3. The summed E-state index contributed by atoms with van der Waals surface area (Å²) >= 11 is 0. The number of hydrogen-bond donors (Lipinski definition) is 1. The number of nitrogens with one attached hydrogen (secondary N) is 1. The molecule has 2 aromatic carbocycles. The van der Waals surface area contributed by atoms with E-state index in [2.05, 4.69) is 50.4 Å². The first-order valence-corrected chi connectivity index (χ1v) is 13.8. The summed E-state index contributed by atoms with van der Waals surface area (Å²) in [7, 11) is 0. The molecule has 2 aliphatic rings. The van der Waals surface area contributed by atoms with Crippen LogP contribution in [0, 0.1) is 5.92 Å². The van der Waals surface area contributed by atoms with Gasteiger partial charge < -0.3 is 10.2 Å². The van der Waals surface area contributed by atoms with E-state index in [4.69, 9.17) is 9.97 Å². The zero-order valence-corrected chi connectivity index (χ0v) is 21.7. The molecule has 6 rings (SSSR count). The van der Waals surface area contributed by atoms with Crippen molar-refractivity contribution in [3.63, 3.8) is 0 Å². The lowest BCUT2D eigenvalue weighted by Crippen LogP contribution is -2.46. The molecule has 7 nitrogen and oxygen atoms in total. The molecule has 38 heavy (non-hydrogen) atoms. The van der Waals surface area contributed by atoms with E-state index in [-0.39, 0.29) is 11.8 Å². The predicted molar refractivity (Wildman–Crippen MR) is 152 cm³/mol. The van der Waals surface area contributed by atoms with Crippen molar-refractivity contribution >= 4 is 28.4 Å². The third-order valence-electron chi connectivity index (χ3n) is 7.82. The highest BCUT2D eigenvalue weighted by Crippen LogP contribution is 2.28. The fraction of sp³-hybridized carbons (Fsp3) is 0.355. The zero-order chi connectivity index (χ0) is 25.7. The van der Waals surface area contributed by atoms with Crippen molar-refractivity contribution in [2.75, 3.05) is 36.4 Å². The van der Waals surface area contributed by atoms with E-state index in [1.807, 2.05) is 42.9 Å². The Balaban J connectivity index is 1.11. The molecule has 7 heteroatoms. The van der Waals surface area contributed by atoms with Crippen LogP contribution in [0.1, 0.15) is 37.7 Å². The van der Waals surface area contributed by atoms with Crippen molar-refractivity contribution in [2.45, 2.75) is 38.6 Å². The number of benzene rings is 2. The summed E-state index contributed by atoms with van der Waals surface area (Å²) in [6.45, 7) is 4.75. The second-order valence-electron chi connectivity index (χ2n) is 10.5. The summed E-state index contributed by atoms with van der Waals surface area (Å²) in [6.07, 6.45) is 11.2. The van der Waals surface area contributed by atoms with Crippen LogP contribution >= 0.6 is 0 Å². The van der Waals surface area contributed by atoms with Crippen molar-refractivity contribution in [1.29, 1.82) is 0 Å². The molecule has 0 unspecified atom stereocenters.